The molecular formula is C12H23NO2. The van der Waals surface area contributed by atoms with Crippen molar-refractivity contribution in [2.24, 2.45) is 5.92 Å². The molecule has 3 heteroatoms. The van der Waals surface area contributed by atoms with Gasteiger partial charge in [-0.05, 0) is 39.7 Å². The Kier molecular flexibility index (Phi) is 4.58. The zero-order valence-corrected chi connectivity index (χ0v) is 10.1. The summed E-state index contributed by atoms with van der Waals surface area (Å²) in [4.78, 5) is 11.9. The molecule has 0 bridgehead atoms. The number of carbonyl (C=O) groups excluding carboxylic acids is 1. The predicted octanol–water partition coefficient (Wildman–Crippen LogP) is 2.11. The van der Waals surface area contributed by atoms with Crippen molar-refractivity contribution in [2.45, 2.75) is 51.5 Å². The Bertz CT molecular complexity index is 212. The lowest BCUT2D eigenvalue weighted by atomic mass is 9.75. The zero-order valence-electron chi connectivity index (χ0n) is 10.1. The number of hydrogen-bond acceptors (Lipinski definition) is 3. The largest absolute Gasteiger partial charge is 0.465 e. The van der Waals surface area contributed by atoms with Crippen LogP contribution in [0.2, 0.25) is 0 Å². The number of carbonyl (C=O) groups is 1. The molecule has 0 aliphatic heterocycles. The molecule has 0 heterocycles. The maximum Gasteiger partial charge on any atom is 0.326 e. The minimum atomic E-state index is -0.490. The molecule has 0 amide bonds. The number of esters is 1. The molecule has 0 saturated heterocycles. The lowest BCUT2D eigenvalue weighted by Crippen LogP contribution is -2.54. The molecule has 1 aliphatic rings. The molecule has 0 aromatic rings. The van der Waals surface area contributed by atoms with Gasteiger partial charge in [-0.2, -0.15) is 0 Å². The SMILES string of the molecule is CCOC(=O)C(C)(NC)C1CCCCC1. The van der Waals surface area contributed by atoms with Gasteiger partial charge in [-0.1, -0.05) is 19.3 Å². The van der Waals surface area contributed by atoms with Gasteiger partial charge in [-0.25, -0.2) is 0 Å². The molecule has 1 aliphatic carbocycles. The summed E-state index contributed by atoms with van der Waals surface area (Å²) < 4.78 is 5.15. The van der Waals surface area contributed by atoms with Crippen molar-refractivity contribution in [3.05, 3.63) is 0 Å². The second kappa shape index (κ2) is 5.50. The van der Waals surface area contributed by atoms with Crippen LogP contribution in [0.3, 0.4) is 0 Å². The fraction of sp³-hybridized carbons (Fsp3) is 0.917. The van der Waals surface area contributed by atoms with E-state index in [4.69, 9.17) is 4.74 Å². The Hall–Kier alpha value is -0.570. The molecule has 88 valence electrons. The number of hydrogen-bond donors (Lipinski definition) is 1. The normalized spacial score (nSPS) is 22.1. The lowest BCUT2D eigenvalue weighted by Gasteiger charge is -2.37. The highest BCUT2D eigenvalue weighted by atomic mass is 16.5. The third-order valence-electron chi connectivity index (χ3n) is 3.64. The van der Waals surface area contributed by atoms with Crippen LogP contribution in [0, 0.1) is 5.92 Å². The van der Waals surface area contributed by atoms with Crippen molar-refractivity contribution in [3.63, 3.8) is 0 Å². The zero-order chi connectivity index (χ0) is 11.3. The minimum absolute atomic E-state index is 0.0978. The number of rotatable bonds is 4. The Morgan fingerprint density at radius 1 is 1.40 bits per heavy atom. The average molecular weight is 213 g/mol. The third-order valence-corrected chi connectivity index (χ3v) is 3.64. The van der Waals surface area contributed by atoms with Crippen LogP contribution < -0.4 is 5.32 Å². The summed E-state index contributed by atoms with van der Waals surface area (Å²) in [6.07, 6.45) is 6.05. The second-order valence-electron chi connectivity index (χ2n) is 4.51. The van der Waals surface area contributed by atoms with Gasteiger partial charge in [-0.3, -0.25) is 4.79 Å². The molecule has 1 rings (SSSR count). The Morgan fingerprint density at radius 2 is 2.00 bits per heavy atom. The van der Waals surface area contributed by atoms with Gasteiger partial charge in [0, 0.05) is 0 Å². The van der Waals surface area contributed by atoms with Crippen LogP contribution in [0.4, 0.5) is 0 Å². The molecule has 0 aromatic carbocycles. The fourth-order valence-electron chi connectivity index (χ4n) is 2.43. The maximum absolute atomic E-state index is 11.9. The van der Waals surface area contributed by atoms with E-state index in [1.54, 1.807) is 0 Å². The summed E-state index contributed by atoms with van der Waals surface area (Å²) >= 11 is 0. The van der Waals surface area contributed by atoms with Gasteiger partial charge in [0.1, 0.15) is 5.54 Å². The summed E-state index contributed by atoms with van der Waals surface area (Å²) in [5.74, 6) is 0.328. The van der Waals surface area contributed by atoms with Crippen molar-refractivity contribution in [3.8, 4) is 0 Å². The van der Waals surface area contributed by atoms with Crippen LogP contribution in [0.25, 0.3) is 0 Å². The summed E-state index contributed by atoms with van der Waals surface area (Å²) in [7, 11) is 1.85. The first-order valence-corrected chi connectivity index (χ1v) is 6.01. The molecule has 1 saturated carbocycles. The van der Waals surface area contributed by atoms with Gasteiger partial charge >= 0.3 is 5.97 Å². The molecule has 0 spiro atoms. The smallest absolute Gasteiger partial charge is 0.326 e. The average Bonchev–Trinajstić information content (AvgIpc) is 2.29. The van der Waals surface area contributed by atoms with E-state index in [9.17, 15) is 4.79 Å². The Balaban J connectivity index is 2.68. The molecular weight excluding hydrogens is 190 g/mol. The van der Waals surface area contributed by atoms with E-state index >= 15 is 0 Å². The highest BCUT2D eigenvalue weighted by molar-refractivity contribution is 5.80. The monoisotopic (exact) mass is 213 g/mol. The van der Waals surface area contributed by atoms with Crippen molar-refractivity contribution < 1.29 is 9.53 Å². The highest BCUT2D eigenvalue weighted by Gasteiger charge is 2.41. The van der Waals surface area contributed by atoms with E-state index < -0.39 is 5.54 Å². The lowest BCUT2D eigenvalue weighted by molar-refractivity contribution is -0.153. The van der Waals surface area contributed by atoms with Gasteiger partial charge in [0.25, 0.3) is 0 Å². The van der Waals surface area contributed by atoms with Crippen LogP contribution in [0.5, 0.6) is 0 Å². The van der Waals surface area contributed by atoms with Crippen molar-refractivity contribution in [2.75, 3.05) is 13.7 Å². The number of ether oxygens (including phenoxy) is 1. The van der Waals surface area contributed by atoms with E-state index in [1.165, 1.54) is 19.3 Å². The van der Waals surface area contributed by atoms with Crippen LogP contribution in [-0.2, 0) is 9.53 Å². The number of likely N-dealkylation sites (N-methyl/N-ethyl adjacent to an activating group) is 1. The molecule has 3 nitrogen and oxygen atoms in total. The van der Waals surface area contributed by atoms with Crippen molar-refractivity contribution >= 4 is 5.97 Å². The first-order chi connectivity index (χ1) is 7.15. The standard InChI is InChI=1S/C12H23NO2/c1-4-15-11(14)12(2,13-3)10-8-6-5-7-9-10/h10,13H,4-9H2,1-3H3. The maximum atomic E-state index is 11.9. The summed E-state index contributed by atoms with van der Waals surface area (Å²) in [6, 6.07) is 0. The molecule has 0 aromatic heterocycles. The fourth-order valence-corrected chi connectivity index (χ4v) is 2.43. The Morgan fingerprint density at radius 3 is 2.47 bits per heavy atom. The van der Waals surface area contributed by atoms with E-state index in [1.807, 2.05) is 20.9 Å². The second-order valence-corrected chi connectivity index (χ2v) is 4.51. The first-order valence-electron chi connectivity index (χ1n) is 6.01. The molecule has 1 atom stereocenters. The van der Waals surface area contributed by atoms with E-state index in [-0.39, 0.29) is 5.97 Å². The molecule has 1 unspecified atom stereocenters. The van der Waals surface area contributed by atoms with Crippen LogP contribution in [0.15, 0.2) is 0 Å². The van der Waals surface area contributed by atoms with Gasteiger partial charge in [-0.15, -0.1) is 0 Å². The van der Waals surface area contributed by atoms with Crippen molar-refractivity contribution in [1.82, 2.24) is 5.32 Å². The molecule has 1 fully saturated rings. The van der Waals surface area contributed by atoms with Gasteiger partial charge in [0.2, 0.25) is 0 Å². The van der Waals surface area contributed by atoms with Gasteiger partial charge < -0.3 is 10.1 Å². The van der Waals surface area contributed by atoms with Gasteiger partial charge in [0.15, 0.2) is 0 Å². The summed E-state index contributed by atoms with van der Waals surface area (Å²) in [5.41, 5.74) is -0.490. The first kappa shape index (κ1) is 12.5. The summed E-state index contributed by atoms with van der Waals surface area (Å²) in [5, 5.41) is 3.16. The third kappa shape index (κ3) is 2.71. The van der Waals surface area contributed by atoms with Crippen LogP contribution in [0.1, 0.15) is 46.0 Å². The number of nitrogens with one attached hydrogen (secondary N) is 1. The predicted molar refractivity (Wildman–Crippen MR) is 60.7 cm³/mol. The highest BCUT2D eigenvalue weighted by Crippen LogP contribution is 2.33. The van der Waals surface area contributed by atoms with Crippen LogP contribution in [-0.4, -0.2) is 25.2 Å². The van der Waals surface area contributed by atoms with E-state index in [0.29, 0.717) is 12.5 Å². The molecule has 0 radical (unpaired) electrons. The summed E-state index contributed by atoms with van der Waals surface area (Å²) in [6.45, 7) is 4.29. The van der Waals surface area contributed by atoms with Crippen LogP contribution >= 0.6 is 0 Å². The van der Waals surface area contributed by atoms with E-state index in [0.717, 1.165) is 12.8 Å². The molecule has 15 heavy (non-hydrogen) atoms. The molecule has 1 N–H and O–H groups in total. The quantitative estimate of drug-likeness (QED) is 0.727. The van der Waals surface area contributed by atoms with E-state index in [2.05, 4.69) is 5.32 Å². The van der Waals surface area contributed by atoms with Gasteiger partial charge in [0.05, 0.1) is 6.61 Å². The minimum Gasteiger partial charge on any atom is -0.465 e. The van der Waals surface area contributed by atoms with Crippen molar-refractivity contribution in [1.29, 1.82) is 0 Å². The topological polar surface area (TPSA) is 38.3 Å². The Labute approximate surface area is 92.6 Å².